The molecule has 6 nitrogen and oxygen atoms in total. The molecule has 0 aliphatic rings. The number of carbonyl (C=O) groups excluding carboxylic acids is 1. The lowest BCUT2D eigenvalue weighted by molar-refractivity contribution is -0.113. The zero-order chi connectivity index (χ0) is 17.8. The summed E-state index contributed by atoms with van der Waals surface area (Å²) in [6, 6.07) is 14.8. The van der Waals surface area contributed by atoms with Crippen LogP contribution in [0.2, 0.25) is 5.02 Å². The number of para-hydroxylation sites is 1. The lowest BCUT2D eigenvalue weighted by Crippen LogP contribution is -2.16. The van der Waals surface area contributed by atoms with Crippen molar-refractivity contribution in [3.63, 3.8) is 0 Å². The van der Waals surface area contributed by atoms with E-state index in [2.05, 4.69) is 15.5 Å². The third-order valence-corrected chi connectivity index (χ3v) is 4.68. The number of halogens is 1. The number of nitrogens with zero attached hydrogens (tertiary/aromatic N) is 3. The van der Waals surface area contributed by atoms with Gasteiger partial charge in [-0.15, -0.1) is 10.2 Å². The summed E-state index contributed by atoms with van der Waals surface area (Å²) in [7, 11) is 0. The highest BCUT2D eigenvalue weighted by Crippen LogP contribution is 2.24. The molecule has 3 aromatic rings. The van der Waals surface area contributed by atoms with Gasteiger partial charge in [0, 0.05) is 16.3 Å². The van der Waals surface area contributed by atoms with E-state index in [1.807, 2.05) is 43.3 Å². The molecule has 1 aromatic heterocycles. The predicted molar refractivity (Wildman–Crippen MR) is 101 cm³/mol. The largest absolute Gasteiger partial charge is 0.335 e. The fraction of sp³-hybridized carbons (Fsp3) is 0.118. The number of anilines is 1. The molecule has 0 fully saturated rings. The number of amides is 1. The summed E-state index contributed by atoms with van der Waals surface area (Å²) in [6.07, 6.45) is 0. The number of benzene rings is 2. The molecule has 0 radical (unpaired) electrons. The van der Waals surface area contributed by atoms with Crippen LogP contribution in [0.5, 0.6) is 0 Å². The number of aromatic nitrogens is 3. The van der Waals surface area contributed by atoms with Crippen LogP contribution in [0.1, 0.15) is 5.56 Å². The van der Waals surface area contributed by atoms with Crippen LogP contribution >= 0.6 is 23.4 Å². The van der Waals surface area contributed by atoms with Crippen molar-refractivity contribution in [3.05, 3.63) is 59.1 Å². The Hall–Kier alpha value is -2.51. The number of nitrogens with one attached hydrogen (secondary N) is 1. The maximum absolute atomic E-state index is 12.1. The highest BCUT2D eigenvalue weighted by Gasteiger charge is 2.14. The van der Waals surface area contributed by atoms with Gasteiger partial charge in [0.1, 0.15) is 0 Å². The molecule has 8 heteroatoms. The Kier molecular flexibility index (Phi) is 5.25. The molecule has 1 amide bonds. The monoisotopic (exact) mass is 373 g/mol. The van der Waals surface area contributed by atoms with E-state index in [1.165, 1.54) is 16.4 Å². The standard InChI is InChI=1S/C17H16ClN5OS/c1-11-5-2-3-8-14(11)20-15(24)10-25-17-22-21-16(23(17)19)12-6-4-7-13(18)9-12/h2-9H,10,19H2,1H3,(H,20,24). The summed E-state index contributed by atoms with van der Waals surface area (Å²) in [5, 5.41) is 12.0. The molecule has 2 aromatic carbocycles. The van der Waals surface area contributed by atoms with E-state index in [0.29, 0.717) is 16.0 Å². The number of rotatable bonds is 5. The van der Waals surface area contributed by atoms with Gasteiger partial charge < -0.3 is 11.2 Å². The summed E-state index contributed by atoms with van der Waals surface area (Å²) < 4.78 is 1.36. The third-order valence-electron chi connectivity index (χ3n) is 3.50. The summed E-state index contributed by atoms with van der Waals surface area (Å²) in [5.74, 6) is 6.58. The first kappa shape index (κ1) is 17.3. The van der Waals surface area contributed by atoms with Gasteiger partial charge in [0.15, 0.2) is 5.82 Å². The van der Waals surface area contributed by atoms with Crippen molar-refractivity contribution in [2.45, 2.75) is 12.1 Å². The molecule has 25 heavy (non-hydrogen) atoms. The molecule has 0 atom stereocenters. The Balaban J connectivity index is 1.66. The first-order valence-corrected chi connectivity index (χ1v) is 8.85. The van der Waals surface area contributed by atoms with Crippen LogP contribution in [-0.2, 0) is 4.79 Å². The molecule has 1 heterocycles. The van der Waals surface area contributed by atoms with Crippen molar-refractivity contribution < 1.29 is 4.79 Å². The zero-order valence-electron chi connectivity index (χ0n) is 13.4. The maximum Gasteiger partial charge on any atom is 0.234 e. The second-order valence-electron chi connectivity index (χ2n) is 5.34. The van der Waals surface area contributed by atoms with Gasteiger partial charge >= 0.3 is 0 Å². The summed E-state index contributed by atoms with van der Waals surface area (Å²) in [6.45, 7) is 1.94. The molecule has 3 rings (SSSR count). The Bertz CT molecular complexity index is 912. The van der Waals surface area contributed by atoms with Crippen LogP contribution in [-0.4, -0.2) is 26.5 Å². The van der Waals surface area contributed by atoms with Gasteiger partial charge in [-0.05, 0) is 30.7 Å². The highest BCUT2D eigenvalue weighted by molar-refractivity contribution is 7.99. The second-order valence-corrected chi connectivity index (χ2v) is 6.72. The maximum atomic E-state index is 12.1. The molecule has 0 unspecified atom stereocenters. The number of nitrogens with two attached hydrogens (primary N) is 1. The topological polar surface area (TPSA) is 85.8 Å². The lowest BCUT2D eigenvalue weighted by atomic mass is 10.2. The van der Waals surface area contributed by atoms with Crippen molar-refractivity contribution in [1.29, 1.82) is 0 Å². The molecular formula is C17H16ClN5OS. The summed E-state index contributed by atoms with van der Waals surface area (Å²) in [5.41, 5.74) is 2.56. The number of aryl methyl sites for hydroxylation is 1. The van der Waals surface area contributed by atoms with Gasteiger partial charge in [-0.3, -0.25) is 4.79 Å². The molecule has 0 spiro atoms. The van der Waals surface area contributed by atoms with E-state index in [4.69, 9.17) is 17.4 Å². The molecule has 0 saturated carbocycles. The van der Waals surface area contributed by atoms with Gasteiger partial charge in [0.05, 0.1) is 5.75 Å². The van der Waals surface area contributed by atoms with Gasteiger partial charge in [-0.1, -0.05) is 53.7 Å². The number of thioether (sulfide) groups is 1. The van der Waals surface area contributed by atoms with Crippen molar-refractivity contribution in [2.24, 2.45) is 0 Å². The normalized spacial score (nSPS) is 10.6. The first-order chi connectivity index (χ1) is 12.0. The Morgan fingerprint density at radius 1 is 1.24 bits per heavy atom. The minimum absolute atomic E-state index is 0.133. The van der Waals surface area contributed by atoms with Gasteiger partial charge in [-0.25, -0.2) is 4.68 Å². The quantitative estimate of drug-likeness (QED) is 0.529. The minimum atomic E-state index is -0.133. The van der Waals surface area contributed by atoms with Crippen molar-refractivity contribution in [3.8, 4) is 11.4 Å². The van der Waals surface area contributed by atoms with Crippen LogP contribution in [0.15, 0.2) is 53.7 Å². The van der Waals surface area contributed by atoms with Gasteiger partial charge in [0.2, 0.25) is 11.1 Å². The van der Waals surface area contributed by atoms with E-state index in [0.717, 1.165) is 16.8 Å². The van der Waals surface area contributed by atoms with Crippen LogP contribution in [0.4, 0.5) is 5.69 Å². The average Bonchev–Trinajstić information content (AvgIpc) is 2.96. The number of nitrogen functional groups attached to an aromatic ring is 1. The Labute approximate surface area is 154 Å². The van der Waals surface area contributed by atoms with Gasteiger partial charge in [-0.2, -0.15) is 0 Å². The SMILES string of the molecule is Cc1ccccc1NC(=O)CSc1nnc(-c2cccc(Cl)c2)n1N. The fourth-order valence-corrected chi connectivity index (χ4v) is 3.08. The molecule has 0 saturated heterocycles. The second kappa shape index (κ2) is 7.58. The van der Waals surface area contributed by atoms with Crippen LogP contribution in [0.3, 0.4) is 0 Å². The van der Waals surface area contributed by atoms with E-state index in [1.54, 1.807) is 12.1 Å². The highest BCUT2D eigenvalue weighted by atomic mass is 35.5. The molecule has 3 N–H and O–H groups in total. The Morgan fingerprint density at radius 3 is 2.80 bits per heavy atom. The summed E-state index contributed by atoms with van der Waals surface area (Å²) >= 11 is 7.21. The van der Waals surface area contributed by atoms with Gasteiger partial charge in [0.25, 0.3) is 0 Å². The van der Waals surface area contributed by atoms with E-state index >= 15 is 0 Å². The molecular weight excluding hydrogens is 358 g/mol. The molecule has 0 aliphatic carbocycles. The van der Waals surface area contributed by atoms with Crippen LogP contribution < -0.4 is 11.2 Å². The smallest absolute Gasteiger partial charge is 0.234 e. The average molecular weight is 374 g/mol. The van der Waals surface area contributed by atoms with Crippen molar-refractivity contribution in [1.82, 2.24) is 14.9 Å². The number of hydrogen-bond donors (Lipinski definition) is 2. The lowest BCUT2D eigenvalue weighted by Gasteiger charge is -2.07. The van der Waals surface area contributed by atoms with Crippen LogP contribution in [0.25, 0.3) is 11.4 Å². The number of carbonyl (C=O) groups is 1. The summed E-state index contributed by atoms with van der Waals surface area (Å²) in [4.78, 5) is 12.1. The first-order valence-electron chi connectivity index (χ1n) is 7.49. The van der Waals surface area contributed by atoms with Crippen LogP contribution in [0, 0.1) is 6.92 Å². The third kappa shape index (κ3) is 4.12. The van der Waals surface area contributed by atoms with E-state index in [9.17, 15) is 4.79 Å². The van der Waals surface area contributed by atoms with Crippen molar-refractivity contribution in [2.75, 3.05) is 16.9 Å². The minimum Gasteiger partial charge on any atom is -0.335 e. The fourth-order valence-electron chi connectivity index (χ4n) is 2.23. The zero-order valence-corrected chi connectivity index (χ0v) is 15.0. The molecule has 0 aliphatic heterocycles. The predicted octanol–water partition coefficient (Wildman–Crippen LogP) is 3.35. The van der Waals surface area contributed by atoms with E-state index < -0.39 is 0 Å². The van der Waals surface area contributed by atoms with E-state index in [-0.39, 0.29) is 11.7 Å². The Morgan fingerprint density at radius 2 is 2.04 bits per heavy atom. The van der Waals surface area contributed by atoms with Crippen molar-refractivity contribution >= 4 is 35.0 Å². The molecule has 128 valence electrons. The molecule has 0 bridgehead atoms. The number of hydrogen-bond acceptors (Lipinski definition) is 5.